The molecule has 0 bridgehead atoms. The van der Waals surface area contributed by atoms with E-state index < -0.39 is 17.7 Å². The van der Waals surface area contributed by atoms with E-state index in [-0.39, 0.29) is 13.2 Å². The maximum Gasteiger partial charge on any atom is 0.329 e. The minimum atomic E-state index is -0.902. The monoisotopic (exact) mass is 478 g/mol. The number of hydrogen-bond acceptors (Lipinski definition) is 5. The van der Waals surface area contributed by atoms with E-state index in [9.17, 15) is 14.4 Å². The lowest BCUT2D eigenvalue weighted by atomic mass is 10.1. The van der Waals surface area contributed by atoms with Crippen molar-refractivity contribution in [1.29, 1.82) is 0 Å². The minimum Gasteiger partial charge on any atom is -0.483 e. The Morgan fingerprint density at radius 1 is 0.941 bits per heavy atom. The summed E-state index contributed by atoms with van der Waals surface area (Å²) in [5, 5.41) is 9.43. The van der Waals surface area contributed by atoms with Crippen molar-refractivity contribution in [2.75, 3.05) is 11.9 Å². The van der Waals surface area contributed by atoms with Crippen LogP contribution >= 0.6 is 11.6 Å². The maximum atomic E-state index is 12.2. The van der Waals surface area contributed by atoms with Crippen LogP contribution in [0.5, 0.6) is 5.75 Å². The third-order valence-electron chi connectivity index (χ3n) is 4.58. The van der Waals surface area contributed by atoms with Gasteiger partial charge in [-0.05, 0) is 36.8 Å². The third kappa shape index (κ3) is 7.46. The minimum absolute atomic E-state index is 0.225. The largest absolute Gasteiger partial charge is 0.483 e. The fraction of sp³-hybridized carbons (Fsp3) is 0.120. The molecule has 0 saturated heterocycles. The fourth-order valence-corrected chi connectivity index (χ4v) is 2.97. The second kappa shape index (κ2) is 12.2. The number of hydrazone groups is 1. The number of para-hydroxylation sites is 2. The summed E-state index contributed by atoms with van der Waals surface area (Å²) in [7, 11) is 0. The van der Waals surface area contributed by atoms with E-state index in [4.69, 9.17) is 16.3 Å². The number of amides is 3. The van der Waals surface area contributed by atoms with Gasteiger partial charge < -0.3 is 15.4 Å². The van der Waals surface area contributed by atoms with E-state index in [2.05, 4.69) is 21.2 Å². The van der Waals surface area contributed by atoms with Gasteiger partial charge in [0, 0.05) is 12.1 Å². The van der Waals surface area contributed by atoms with Gasteiger partial charge in [0.05, 0.1) is 16.9 Å². The SMILES string of the molecule is Cc1ccc(CNC(=O)C(=O)N/N=C\c2ccccc2OCC(=O)Nc2ccccc2Cl)cc1. The van der Waals surface area contributed by atoms with Crippen molar-refractivity contribution >= 4 is 41.2 Å². The molecule has 8 nitrogen and oxygen atoms in total. The maximum absolute atomic E-state index is 12.2. The van der Waals surface area contributed by atoms with Gasteiger partial charge in [0.25, 0.3) is 5.91 Å². The molecule has 0 aromatic heterocycles. The van der Waals surface area contributed by atoms with Crippen molar-refractivity contribution in [3.63, 3.8) is 0 Å². The van der Waals surface area contributed by atoms with Gasteiger partial charge in [-0.25, -0.2) is 5.43 Å². The van der Waals surface area contributed by atoms with Gasteiger partial charge in [0.15, 0.2) is 6.61 Å². The molecule has 0 unspecified atom stereocenters. The third-order valence-corrected chi connectivity index (χ3v) is 4.90. The highest BCUT2D eigenvalue weighted by atomic mass is 35.5. The molecule has 0 spiro atoms. The van der Waals surface area contributed by atoms with Crippen molar-refractivity contribution in [1.82, 2.24) is 10.7 Å². The predicted molar refractivity (Wildman–Crippen MR) is 131 cm³/mol. The number of carbonyl (C=O) groups is 3. The average Bonchev–Trinajstić information content (AvgIpc) is 2.84. The highest BCUT2D eigenvalue weighted by molar-refractivity contribution is 6.35. The van der Waals surface area contributed by atoms with Gasteiger partial charge >= 0.3 is 11.8 Å². The van der Waals surface area contributed by atoms with Gasteiger partial charge in [-0.2, -0.15) is 5.10 Å². The molecule has 174 valence electrons. The van der Waals surface area contributed by atoms with Crippen LogP contribution in [0.2, 0.25) is 5.02 Å². The Morgan fingerprint density at radius 3 is 2.41 bits per heavy atom. The molecule has 34 heavy (non-hydrogen) atoms. The van der Waals surface area contributed by atoms with Gasteiger partial charge in [-0.3, -0.25) is 14.4 Å². The molecule has 3 N–H and O–H groups in total. The molecule has 0 atom stereocenters. The number of carbonyl (C=O) groups excluding carboxylic acids is 3. The lowest BCUT2D eigenvalue weighted by Gasteiger charge is -2.10. The van der Waals surface area contributed by atoms with Crippen LogP contribution in [0.3, 0.4) is 0 Å². The van der Waals surface area contributed by atoms with Crippen molar-refractivity contribution in [3.8, 4) is 5.75 Å². The van der Waals surface area contributed by atoms with Crippen LogP contribution < -0.4 is 20.8 Å². The zero-order chi connectivity index (χ0) is 24.3. The first-order valence-corrected chi connectivity index (χ1v) is 10.7. The zero-order valence-electron chi connectivity index (χ0n) is 18.4. The number of aryl methyl sites for hydroxylation is 1. The van der Waals surface area contributed by atoms with Crippen molar-refractivity contribution < 1.29 is 19.1 Å². The van der Waals surface area contributed by atoms with E-state index >= 15 is 0 Å². The quantitative estimate of drug-likeness (QED) is 0.262. The van der Waals surface area contributed by atoms with Crippen LogP contribution in [-0.2, 0) is 20.9 Å². The molecule has 3 amide bonds. The Balaban J connectivity index is 1.49. The first kappa shape index (κ1) is 24.5. The van der Waals surface area contributed by atoms with Crippen LogP contribution in [0.15, 0.2) is 77.9 Å². The van der Waals surface area contributed by atoms with E-state index in [0.29, 0.717) is 22.0 Å². The average molecular weight is 479 g/mol. The molecular weight excluding hydrogens is 456 g/mol. The van der Waals surface area contributed by atoms with Crippen LogP contribution in [0.1, 0.15) is 16.7 Å². The predicted octanol–water partition coefficient (Wildman–Crippen LogP) is 3.43. The van der Waals surface area contributed by atoms with Crippen molar-refractivity contribution in [3.05, 3.63) is 94.5 Å². The molecule has 0 heterocycles. The second-order valence-electron chi connectivity index (χ2n) is 7.22. The Labute approximate surface area is 202 Å². The molecule has 0 aliphatic carbocycles. The number of nitrogens with one attached hydrogen (secondary N) is 3. The molecule has 3 aromatic rings. The summed E-state index contributed by atoms with van der Waals surface area (Å²) < 4.78 is 5.57. The molecule has 0 saturated carbocycles. The molecular formula is C25H23ClN4O4. The molecule has 0 aliphatic heterocycles. The highest BCUT2D eigenvalue weighted by Gasteiger charge is 2.12. The van der Waals surface area contributed by atoms with Gasteiger partial charge in [0.2, 0.25) is 0 Å². The number of anilines is 1. The molecule has 0 radical (unpaired) electrons. The summed E-state index contributed by atoms with van der Waals surface area (Å²) >= 11 is 6.04. The molecule has 3 aromatic carbocycles. The van der Waals surface area contributed by atoms with Crippen LogP contribution in [0, 0.1) is 6.92 Å². The van der Waals surface area contributed by atoms with E-state index in [0.717, 1.165) is 11.1 Å². The Hall–Kier alpha value is -4.17. The Bertz CT molecular complexity index is 1200. The lowest BCUT2D eigenvalue weighted by molar-refractivity contribution is -0.139. The van der Waals surface area contributed by atoms with Gasteiger partial charge in [0.1, 0.15) is 5.75 Å². The van der Waals surface area contributed by atoms with E-state index in [1.54, 1.807) is 48.5 Å². The van der Waals surface area contributed by atoms with Crippen LogP contribution in [-0.4, -0.2) is 30.5 Å². The normalized spacial score (nSPS) is 10.5. The summed E-state index contributed by atoms with van der Waals surface area (Å²) in [5.74, 6) is -1.73. The highest BCUT2D eigenvalue weighted by Crippen LogP contribution is 2.20. The summed E-state index contributed by atoms with van der Waals surface area (Å²) in [4.78, 5) is 36.1. The van der Waals surface area contributed by atoms with E-state index in [1.165, 1.54) is 6.21 Å². The van der Waals surface area contributed by atoms with E-state index in [1.807, 2.05) is 31.2 Å². The van der Waals surface area contributed by atoms with Crippen molar-refractivity contribution in [2.24, 2.45) is 5.10 Å². The second-order valence-corrected chi connectivity index (χ2v) is 7.63. The zero-order valence-corrected chi connectivity index (χ0v) is 19.1. The molecule has 3 rings (SSSR count). The summed E-state index contributed by atoms with van der Waals surface area (Å²) in [6.45, 7) is 1.93. The molecule has 9 heteroatoms. The first-order valence-electron chi connectivity index (χ1n) is 10.4. The Morgan fingerprint density at radius 2 is 1.65 bits per heavy atom. The van der Waals surface area contributed by atoms with Crippen molar-refractivity contribution in [2.45, 2.75) is 13.5 Å². The molecule has 0 fully saturated rings. The number of ether oxygens (including phenoxy) is 1. The molecule has 0 aliphatic rings. The Kier molecular flexibility index (Phi) is 8.76. The number of benzene rings is 3. The number of hydrogen-bond donors (Lipinski definition) is 3. The summed E-state index contributed by atoms with van der Waals surface area (Å²) in [6, 6.07) is 21.3. The lowest BCUT2D eigenvalue weighted by Crippen LogP contribution is -2.37. The standard InChI is InChI=1S/C25H23ClN4O4/c1-17-10-12-18(13-11-17)14-27-24(32)25(33)30-28-15-19-6-2-5-9-22(19)34-16-23(31)29-21-8-4-3-7-20(21)26/h2-13,15H,14,16H2,1H3,(H,27,32)(H,29,31)(H,30,33)/b28-15-. The number of rotatable bonds is 8. The first-order chi connectivity index (χ1) is 16.4. The number of halogens is 1. The summed E-state index contributed by atoms with van der Waals surface area (Å²) in [5.41, 5.74) is 5.15. The smallest absolute Gasteiger partial charge is 0.329 e. The van der Waals surface area contributed by atoms with Gasteiger partial charge in [-0.1, -0.05) is 65.7 Å². The number of nitrogens with zero attached hydrogens (tertiary/aromatic N) is 1. The van der Waals surface area contributed by atoms with Crippen LogP contribution in [0.25, 0.3) is 0 Å². The van der Waals surface area contributed by atoms with Gasteiger partial charge in [-0.15, -0.1) is 0 Å². The topological polar surface area (TPSA) is 109 Å². The fourth-order valence-electron chi connectivity index (χ4n) is 2.79. The van der Waals surface area contributed by atoms with Crippen LogP contribution in [0.4, 0.5) is 5.69 Å². The summed E-state index contributed by atoms with van der Waals surface area (Å²) in [6.07, 6.45) is 1.33.